The van der Waals surface area contributed by atoms with Gasteiger partial charge in [0.15, 0.2) is 12.2 Å². The van der Waals surface area contributed by atoms with Gasteiger partial charge in [-0.15, -0.1) is 0 Å². The summed E-state index contributed by atoms with van der Waals surface area (Å²) < 4.78 is 90.1. The molecule has 0 bridgehead atoms. The van der Waals surface area contributed by atoms with Gasteiger partial charge in [-0.2, -0.15) is 0 Å². The van der Waals surface area contributed by atoms with Crippen molar-refractivity contribution >= 4 is 11.9 Å². The first-order chi connectivity index (χ1) is 28.1. The van der Waals surface area contributed by atoms with Crippen LogP contribution in [0.2, 0.25) is 0 Å². The molecule has 2 spiro atoms. The van der Waals surface area contributed by atoms with Crippen molar-refractivity contribution in [3.63, 3.8) is 0 Å². The van der Waals surface area contributed by atoms with Crippen LogP contribution in [0, 0.1) is 99.2 Å². The van der Waals surface area contributed by atoms with Crippen LogP contribution in [0.1, 0.15) is 71.2 Å². The first-order valence-corrected chi connectivity index (χ1v) is 21.5. The Kier molecular flexibility index (Phi) is 6.33. The van der Waals surface area contributed by atoms with Crippen LogP contribution in [-0.4, -0.2) is 55.7 Å². The minimum absolute atomic E-state index is 0.0539. The first kappa shape index (κ1) is 33.8. The van der Waals surface area contributed by atoms with E-state index in [1.54, 1.807) is 24.3 Å². The molecule has 3 aromatic carbocycles. The lowest BCUT2D eigenvalue weighted by atomic mass is 9.73. The molecule has 11 heteroatoms. The number of benzene rings is 3. The smallest absolute Gasteiger partial charge is 0.344 e. The number of rotatable bonds is 9. The molecule has 14 rings (SSSR count). The van der Waals surface area contributed by atoms with E-state index in [9.17, 15) is 9.59 Å². The van der Waals surface area contributed by atoms with Gasteiger partial charge in [-0.25, -0.2) is 27.2 Å². The second kappa shape index (κ2) is 10.9. The van der Waals surface area contributed by atoms with Crippen LogP contribution in [0.3, 0.4) is 0 Å². The third kappa shape index (κ3) is 4.28. The van der Waals surface area contributed by atoms with Crippen LogP contribution < -0.4 is 4.74 Å². The summed E-state index contributed by atoms with van der Waals surface area (Å²) in [4.78, 5) is 26.3. The van der Waals surface area contributed by atoms with Gasteiger partial charge in [-0.05, 0) is 155 Å². The van der Waals surface area contributed by atoms with E-state index in [4.69, 9.17) is 23.7 Å². The van der Waals surface area contributed by atoms with Gasteiger partial charge in [-0.1, -0.05) is 19.1 Å². The summed E-state index contributed by atoms with van der Waals surface area (Å²) in [5, 5.41) is 0. The van der Waals surface area contributed by atoms with Crippen LogP contribution in [0.4, 0.5) is 17.6 Å². The molecule has 11 aliphatic rings. The number of esters is 2. The summed E-state index contributed by atoms with van der Waals surface area (Å²) in [6, 6.07) is 11.8. The highest BCUT2D eigenvalue weighted by atomic mass is 19.1. The Balaban J connectivity index is 0.583. The van der Waals surface area contributed by atoms with Gasteiger partial charge in [0.05, 0.1) is 13.2 Å². The quantitative estimate of drug-likeness (QED) is 0.160. The SMILES string of the molecule is CC1C2C1C21C2C(Oc3ccc(-c4cc(F)c(C(=O)OC5CO[C@H]6[C@@H](OC(=O)c7c(F)cc(C8CCC(C9C%10C9C%109C%10CC%109)CC8)cc7F)CO[C@@H]56)c(F)c4)cc3)C21. The number of fused-ring (bicyclic) bond motifs is 13. The fourth-order valence-electron chi connectivity index (χ4n) is 14.7. The topological polar surface area (TPSA) is 80.3 Å². The van der Waals surface area contributed by atoms with E-state index < -0.39 is 70.8 Å². The molecule has 3 aromatic rings. The lowest BCUT2D eigenvalue weighted by molar-refractivity contribution is -0.0293. The van der Waals surface area contributed by atoms with Gasteiger partial charge in [0.1, 0.15) is 58.5 Å². The summed E-state index contributed by atoms with van der Waals surface area (Å²) >= 11 is 0. The highest BCUT2D eigenvalue weighted by Gasteiger charge is 3.05. The van der Waals surface area contributed by atoms with E-state index in [2.05, 4.69) is 6.92 Å². The Labute approximate surface area is 332 Å². The number of halogens is 4. The molecule has 9 aliphatic carbocycles. The van der Waals surface area contributed by atoms with E-state index in [0.29, 0.717) is 28.4 Å². The fraction of sp³-hybridized carbons (Fsp3) is 0.574. The summed E-state index contributed by atoms with van der Waals surface area (Å²) in [5.41, 5.74) is 1.18. The zero-order valence-electron chi connectivity index (χ0n) is 31.8. The number of carbonyl (C=O) groups excluding carboxylic acids is 2. The van der Waals surface area contributed by atoms with Gasteiger partial charge < -0.3 is 23.7 Å². The second-order valence-electron chi connectivity index (χ2n) is 19.9. The molecule has 12 atom stereocenters. The monoisotopic (exact) mass is 794 g/mol. The Hall–Kier alpha value is -3.96. The number of hydrogen-bond acceptors (Lipinski definition) is 7. The maximum Gasteiger partial charge on any atom is 0.344 e. The second-order valence-corrected chi connectivity index (χ2v) is 19.9. The molecule has 7 nitrogen and oxygen atoms in total. The number of hydrogen-bond donors (Lipinski definition) is 0. The Morgan fingerprint density at radius 3 is 1.69 bits per heavy atom. The summed E-state index contributed by atoms with van der Waals surface area (Å²) in [6.45, 7) is 1.94. The zero-order valence-corrected chi connectivity index (χ0v) is 31.8. The number of carbonyl (C=O) groups is 2. The maximum atomic E-state index is 15.4. The summed E-state index contributed by atoms with van der Waals surface area (Å²) in [6.07, 6.45) is 1.76. The molecule has 300 valence electrons. The maximum absolute atomic E-state index is 15.4. The third-order valence-corrected chi connectivity index (χ3v) is 17.8. The van der Waals surface area contributed by atoms with Crippen LogP contribution in [0.25, 0.3) is 11.1 Å². The van der Waals surface area contributed by atoms with Gasteiger partial charge in [0.2, 0.25) is 0 Å². The first-order valence-electron chi connectivity index (χ1n) is 21.5. The lowest BCUT2D eigenvalue weighted by Gasteiger charge is -2.32. The van der Waals surface area contributed by atoms with E-state index in [0.717, 1.165) is 102 Å². The van der Waals surface area contributed by atoms with Crippen LogP contribution in [0.15, 0.2) is 48.5 Å². The average Bonchev–Trinajstić information content (AvgIpc) is 3.97. The molecular formula is C47H42F4O7. The van der Waals surface area contributed by atoms with Crippen LogP contribution >= 0.6 is 0 Å². The van der Waals surface area contributed by atoms with Crippen molar-refractivity contribution in [2.75, 3.05) is 13.2 Å². The van der Waals surface area contributed by atoms with Crippen LogP contribution in [0.5, 0.6) is 5.75 Å². The van der Waals surface area contributed by atoms with Gasteiger partial charge >= 0.3 is 11.9 Å². The molecule has 2 saturated heterocycles. The van der Waals surface area contributed by atoms with Crippen molar-refractivity contribution in [2.45, 2.75) is 75.5 Å². The Morgan fingerprint density at radius 1 is 0.655 bits per heavy atom. The van der Waals surface area contributed by atoms with E-state index in [1.165, 1.54) is 18.6 Å². The van der Waals surface area contributed by atoms with Crippen molar-refractivity contribution in [3.8, 4) is 16.9 Å². The van der Waals surface area contributed by atoms with Crippen LogP contribution in [-0.2, 0) is 18.9 Å². The standard InChI is InChI=1S/C47H42F4O7/c1-17-35-36(17)47(35)39-40(47)43(39)56-23-8-6-19(7-9-23)22-12-28(50)34(29(51)13-22)45(53)58-31-16-55-41-30(15-54-42(31)41)57-44(52)33-26(48)10-21(11-27(33)49)18-2-4-20(5-3-18)32-37-38(32)46(37)24-14-25(24)46/h6-13,17-18,20,24-25,30-32,35-43H,2-5,14-16H2,1H3/t17?,18?,20?,24?,25?,30-,31?,32?,35?,36?,37?,38?,39?,40?,41-,42-,43?,46?,47?/m0/s1. The normalized spacial score (nSPS) is 47.6. The van der Waals surface area contributed by atoms with Gasteiger partial charge in [0, 0.05) is 11.8 Å². The minimum atomic E-state index is -1.24. The summed E-state index contributed by atoms with van der Waals surface area (Å²) in [7, 11) is 0. The van der Waals surface area contributed by atoms with Crippen molar-refractivity contribution < 1.29 is 50.8 Å². The molecule has 9 saturated carbocycles. The lowest BCUT2D eigenvalue weighted by Crippen LogP contribution is -2.36. The minimum Gasteiger partial charge on any atom is -0.490 e. The molecular weight excluding hydrogens is 753 g/mol. The predicted molar refractivity (Wildman–Crippen MR) is 195 cm³/mol. The van der Waals surface area contributed by atoms with Crippen molar-refractivity contribution in [1.82, 2.24) is 0 Å². The fourth-order valence-corrected chi connectivity index (χ4v) is 14.7. The predicted octanol–water partition coefficient (Wildman–Crippen LogP) is 8.13. The molecule has 0 radical (unpaired) electrons. The molecule has 0 aromatic heterocycles. The van der Waals surface area contributed by atoms with Crippen molar-refractivity contribution in [2.24, 2.45) is 75.9 Å². The Bertz CT molecular complexity index is 2290. The van der Waals surface area contributed by atoms with Gasteiger partial charge in [0.25, 0.3) is 0 Å². The Morgan fingerprint density at radius 2 is 1.19 bits per heavy atom. The zero-order chi connectivity index (χ0) is 38.9. The molecule has 0 N–H and O–H groups in total. The number of ether oxygens (including phenoxy) is 5. The van der Waals surface area contributed by atoms with E-state index >= 15 is 17.6 Å². The summed E-state index contributed by atoms with van der Waals surface area (Å²) in [5.74, 6) is 4.14. The molecule has 58 heavy (non-hydrogen) atoms. The van der Waals surface area contributed by atoms with Crippen molar-refractivity contribution in [3.05, 3.63) is 88.5 Å². The van der Waals surface area contributed by atoms with E-state index in [1.807, 2.05) is 0 Å². The molecule has 0 amide bonds. The highest BCUT2D eigenvalue weighted by Crippen LogP contribution is 3.05. The molecule has 2 aliphatic heterocycles. The van der Waals surface area contributed by atoms with Crippen molar-refractivity contribution in [1.29, 1.82) is 0 Å². The van der Waals surface area contributed by atoms with E-state index in [-0.39, 0.29) is 30.8 Å². The average molecular weight is 795 g/mol. The third-order valence-electron chi connectivity index (χ3n) is 17.8. The molecule has 11 fully saturated rings. The molecule has 9 unspecified atom stereocenters. The molecule has 2 heterocycles. The largest absolute Gasteiger partial charge is 0.490 e. The highest BCUT2D eigenvalue weighted by molar-refractivity contribution is 5.91. The van der Waals surface area contributed by atoms with Gasteiger partial charge in [-0.3, -0.25) is 0 Å².